The monoisotopic (exact) mass is 257 g/mol. The summed E-state index contributed by atoms with van der Waals surface area (Å²) in [5.74, 6) is 1.27. The van der Waals surface area contributed by atoms with Crippen LogP contribution in [0.25, 0.3) is 0 Å². The molecule has 0 saturated carbocycles. The van der Waals surface area contributed by atoms with Crippen molar-refractivity contribution in [2.24, 2.45) is 0 Å². The van der Waals surface area contributed by atoms with E-state index in [9.17, 15) is 0 Å². The second kappa shape index (κ2) is 6.64. The van der Waals surface area contributed by atoms with Crippen LogP contribution < -0.4 is 15.8 Å². The van der Waals surface area contributed by atoms with E-state index in [0.29, 0.717) is 18.2 Å². The summed E-state index contributed by atoms with van der Waals surface area (Å²) in [7, 11) is 0. The van der Waals surface area contributed by atoms with E-state index in [-0.39, 0.29) is 0 Å². The van der Waals surface area contributed by atoms with Gasteiger partial charge in [-0.25, -0.2) is 0 Å². The fraction of sp³-hybridized carbons (Fsp3) is 0.267. The van der Waals surface area contributed by atoms with Gasteiger partial charge in [0.15, 0.2) is 0 Å². The third-order valence-electron chi connectivity index (χ3n) is 2.65. The molecule has 3 N–H and O–H groups in total. The number of aromatic nitrogens is 1. The molecule has 1 heterocycles. The average Bonchev–Trinajstić information content (AvgIpc) is 2.46. The molecule has 0 radical (unpaired) electrons. The van der Waals surface area contributed by atoms with E-state index >= 15 is 0 Å². The van der Waals surface area contributed by atoms with Crippen LogP contribution in [0.4, 0.5) is 11.5 Å². The maximum absolute atomic E-state index is 5.82. The number of ether oxygens (including phenoxy) is 1. The number of hydrogen-bond donors (Lipinski definition) is 2. The van der Waals surface area contributed by atoms with Gasteiger partial charge in [0.05, 0.1) is 12.3 Å². The molecular formula is C15H19N3O. The lowest BCUT2D eigenvalue weighted by atomic mass is 10.2. The van der Waals surface area contributed by atoms with E-state index < -0.39 is 0 Å². The highest BCUT2D eigenvalue weighted by molar-refractivity contribution is 5.53. The number of anilines is 2. The predicted molar refractivity (Wildman–Crippen MR) is 78.2 cm³/mol. The molecule has 0 atom stereocenters. The third-order valence-corrected chi connectivity index (χ3v) is 2.65. The van der Waals surface area contributed by atoms with Crippen molar-refractivity contribution >= 4 is 11.5 Å². The summed E-state index contributed by atoms with van der Waals surface area (Å²) < 4.78 is 5.50. The van der Waals surface area contributed by atoms with Gasteiger partial charge in [-0.3, -0.25) is 0 Å². The molecule has 0 bridgehead atoms. The normalized spacial score (nSPS) is 10.2. The maximum atomic E-state index is 5.82. The van der Waals surface area contributed by atoms with Crippen molar-refractivity contribution in [3.05, 3.63) is 48.0 Å². The number of nitrogens with two attached hydrogens (primary N) is 1. The highest BCUT2D eigenvalue weighted by Gasteiger charge is 2.04. The van der Waals surface area contributed by atoms with Gasteiger partial charge >= 0.3 is 0 Å². The van der Waals surface area contributed by atoms with Crippen molar-refractivity contribution in [3.63, 3.8) is 0 Å². The van der Waals surface area contributed by atoms with Gasteiger partial charge in [0, 0.05) is 6.54 Å². The van der Waals surface area contributed by atoms with Crippen molar-refractivity contribution in [1.82, 2.24) is 4.98 Å². The van der Waals surface area contributed by atoms with Crippen molar-refractivity contribution in [3.8, 4) is 5.88 Å². The zero-order chi connectivity index (χ0) is 13.5. The quantitative estimate of drug-likeness (QED) is 0.835. The van der Waals surface area contributed by atoms with E-state index in [1.165, 1.54) is 5.56 Å². The number of nitrogens with zero attached hydrogens (tertiary/aromatic N) is 1. The Morgan fingerprint density at radius 3 is 2.68 bits per heavy atom. The van der Waals surface area contributed by atoms with Crippen LogP contribution in [-0.4, -0.2) is 11.6 Å². The molecule has 0 aliphatic carbocycles. The Labute approximate surface area is 113 Å². The molecule has 0 aliphatic rings. The van der Waals surface area contributed by atoms with Crippen LogP contribution in [-0.2, 0) is 6.54 Å². The summed E-state index contributed by atoms with van der Waals surface area (Å²) in [4.78, 5) is 4.37. The van der Waals surface area contributed by atoms with Crippen LogP contribution in [0.1, 0.15) is 18.9 Å². The maximum Gasteiger partial charge on any atom is 0.239 e. The number of hydrogen-bond acceptors (Lipinski definition) is 4. The first-order valence-corrected chi connectivity index (χ1v) is 6.46. The molecule has 0 amide bonds. The van der Waals surface area contributed by atoms with Gasteiger partial charge < -0.3 is 15.8 Å². The minimum atomic E-state index is 0.500. The highest BCUT2D eigenvalue weighted by Crippen LogP contribution is 2.21. The number of rotatable bonds is 6. The lowest BCUT2D eigenvalue weighted by molar-refractivity contribution is 0.307. The summed E-state index contributed by atoms with van der Waals surface area (Å²) in [6.07, 6.45) is 0.933. The number of nitrogens with one attached hydrogen (secondary N) is 1. The summed E-state index contributed by atoms with van der Waals surface area (Å²) in [5, 5.41) is 3.26. The summed E-state index contributed by atoms with van der Waals surface area (Å²) in [6, 6.07) is 13.8. The van der Waals surface area contributed by atoms with Crippen LogP contribution in [0.15, 0.2) is 42.5 Å². The van der Waals surface area contributed by atoms with Gasteiger partial charge in [-0.15, -0.1) is 0 Å². The first kappa shape index (κ1) is 13.2. The van der Waals surface area contributed by atoms with E-state index in [4.69, 9.17) is 10.5 Å². The molecule has 0 saturated heterocycles. The standard InChI is InChI=1S/C15H19N3O/c1-2-10-19-15-13(16)8-9-14(18-15)17-11-12-6-4-3-5-7-12/h3-9H,2,10-11,16H2,1H3,(H,17,18). The third kappa shape index (κ3) is 3.88. The van der Waals surface area contributed by atoms with Crippen molar-refractivity contribution in [1.29, 1.82) is 0 Å². The predicted octanol–water partition coefficient (Wildman–Crippen LogP) is 3.06. The minimum absolute atomic E-state index is 0.500. The van der Waals surface area contributed by atoms with Crippen molar-refractivity contribution in [2.45, 2.75) is 19.9 Å². The topological polar surface area (TPSA) is 60.2 Å². The molecule has 4 nitrogen and oxygen atoms in total. The molecule has 19 heavy (non-hydrogen) atoms. The van der Waals surface area contributed by atoms with Gasteiger partial charge in [0.2, 0.25) is 5.88 Å². The van der Waals surface area contributed by atoms with Gasteiger partial charge in [-0.1, -0.05) is 37.3 Å². The molecule has 0 fully saturated rings. The first-order chi connectivity index (χ1) is 9.29. The average molecular weight is 257 g/mol. The van der Waals surface area contributed by atoms with Crippen LogP contribution in [0.5, 0.6) is 5.88 Å². The molecule has 2 rings (SSSR count). The first-order valence-electron chi connectivity index (χ1n) is 6.46. The largest absolute Gasteiger partial charge is 0.476 e. The van der Waals surface area contributed by atoms with Gasteiger partial charge in [-0.05, 0) is 24.1 Å². The van der Waals surface area contributed by atoms with Crippen LogP contribution in [0.2, 0.25) is 0 Å². The van der Waals surface area contributed by atoms with Crippen LogP contribution in [0.3, 0.4) is 0 Å². The van der Waals surface area contributed by atoms with Crippen molar-refractivity contribution < 1.29 is 4.74 Å². The lowest BCUT2D eigenvalue weighted by Crippen LogP contribution is -2.05. The molecule has 0 aliphatic heterocycles. The molecule has 1 aromatic carbocycles. The van der Waals surface area contributed by atoms with E-state index in [2.05, 4.69) is 22.4 Å². The smallest absolute Gasteiger partial charge is 0.239 e. The molecule has 1 aromatic heterocycles. The zero-order valence-electron chi connectivity index (χ0n) is 11.1. The zero-order valence-corrected chi connectivity index (χ0v) is 11.1. The SMILES string of the molecule is CCCOc1nc(NCc2ccccc2)ccc1N. The molecule has 4 heteroatoms. The van der Waals surface area contributed by atoms with E-state index in [1.54, 1.807) is 0 Å². The molecule has 100 valence electrons. The number of benzene rings is 1. The van der Waals surface area contributed by atoms with Gasteiger partial charge in [0.25, 0.3) is 0 Å². The molecule has 2 aromatic rings. The second-order valence-electron chi connectivity index (χ2n) is 4.28. The fourth-order valence-corrected chi connectivity index (χ4v) is 1.65. The van der Waals surface area contributed by atoms with Crippen molar-refractivity contribution in [2.75, 3.05) is 17.7 Å². The Morgan fingerprint density at radius 1 is 1.16 bits per heavy atom. The summed E-state index contributed by atoms with van der Waals surface area (Å²) in [6.45, 7) is 3.40. The van der Waals surface area contributed by atoms with Gasteiger partial charge in [0.1, 0.15) is 5.82 Å². The Bertz CT molecular complexity index is 514. The Kier molecular flexibility index (Phi) is 4.61. The number of pyridine rings is 1. The van der Waals surface area contributed by atoms with Crippen LogP contribution in [0, 0.1) is 0 Å². The minimum Gasteiger partial charge on any atom is -0.476 e. The van der Waals surface area contributed by atoms with Gasteiger partial charge in [-0.2, -0.15) is 4.98 Å². The fourth-order valence-electron chi connectivity index (χ4n) is 1.65. The lowest BCUT2D eigenvalue weighted by Gasteiger charge is -2.10. The Morgan fingerprint density at radius 2 is 1.95 bits per heavy atom. The van der Waals surface area contributed by atoms with E-state index in [0.717, 1.165) is 18.8 Å². The van der Waals surface area contributed by atoms with Crippen LogP contribution >= 0.6 is 0 Å². The molecule has 0 spiro atoms. The molecular weight excluding hydrogens is 238 g/mol. The molecule has 0 unspecified atom stereocenters. The second-order valence-corrected chi connectivity index (χ2v) is 4.28. The Hall–Kier alpha value is -2.23. The van der Waals surface area contributed by atoms with E-state index in [1.807, 2.05) is 37.3 Å². The highest BCUT2D eigenvalue weighted by atomic mass is 16.5. The number of nitrogen functional groups attached to an aromatic ring is 1. The Balaban J connectivity index is 2.00. The summed E-state index contributed by atoms with van der Waals surface area (Å²) in [5.41, 5.74) is 7.60. The summed E-state index contributed by atoms with van der Waals surface area (Å²) >= 11 is 0.